The highest BCUT2D eigenvalue weighted by molar-refractivity contribution is 5.85. The summed E-state index contributed by atoms with van der Waals surface area (Å²) in [4.78, 5) is 17.4. The minimum Gasteiger partial charge on any atom is -0.496 e. The lowest BCUT2D eigenvalue weighted by Gasteiger charge is -2.21. The lowest BCUT2D eigenvalue weighted by molar-refractivity contribution is 0.0690. The third-order valence-corrected chi connectivity index (χ3v) is 4.01. The molecule has 0 unspecified atom stereocenters. The summed E-state index contributed by atoms with van der Waals surface area (Å²) < 4.78 is 5.45. The minimum atomic E-state index is -0.998. The molecule has 3 rings (SSSR count). The molecule has 1 aliphatic rings. The van der Waals surface area contributed by atoms with Gasteiger partial charge < -0.3 is 14.7 Å². The van der Waals surface area contributed by atoms with E-state index >= 15 is 0 Å². The molecule has 1 aromatic carbocycles. The summed E-state index contributed by atoms with van der Waals surface area (Å²) in [5, 5.41) is 9.08. The van der Waals surface area contributed by atoms with Gasteiger partial charge in [0.05, 0.1) is 7.11 Å². The van der Waals surface area contributed by atoms with E-state index in [4.69, 9.17) is 9.84 Å². The number of ether oxygens (including phenoxy) is 1. The van der Waals surface area contributed by atoms with Crippen LogP contribution in [0.25, 0.3) is 0 Å². The van der Waals surface area contributed by atoms with Gasteiger partial charge in [-0.25, -0.2) is 9.78 Å². The first-order chi connectivity index (χ1) is 10.7. The van der Waals surface area contributed by atoms with Crippen molar-refractivity contribution in [2.45, 2.75) is 12.8 Å². The van der Waals surface area contributed by atoms with Crippen molar-refractivity contribution in [3.05, 3.63) is 53.2 Å². The first-order valence-electron chi connectivity index (χ1n) is 7.29. The second-order valence-corrected chi connectivity index (χ2v) is 5.27. The summed E-state index contributed by atoms with van der Waals surface area (Å²) in [5.41, 5.74) is 2.61. The molecule has 0 saturated heterocycles. The second-order valence-electron chi connectivity index (χ2n) is 5.27. The molecule has 2 aromatic rings. The Kier molecular flexibility index (Phi) is 3.96. The molecule has 5 nitrogen and oxygen atoms in total. The number of hydrogen-bond acceptors (Lipinski definition) is 4. The molecule has 0 amide bonds. The van der Waals surface area contributed by atoms with E-state index in [0.29, 0.717) is 5.82 Å². The van der Waals surface area contributed by atoms with Crippen LogP contribution in [0.5, 0.6) is 5.75 Å². The molecule has 0 spiro atoms. The van der Waals surface area contributed by atoms with Gasteiger partial charge in [-0.1, -0.05) is 18.2 Å². The Hall–Kier alpha value is -2.56. The molecule has 0 saturated carbocycles. The van der Waals surface area contributed by atoms with Gasteiger partial charge in [-0.15, -0.1) is 0 Å². The van der Waals surface area contributed by atoms with Gasteiger partial charge in [0.25, 0.3) is 0 Å². The number of nitrogens with zero attached hydrogens (tertiary/aromatic N) is 2. The van der Waals surface area contributed by atoms with Crippen molar-refractivity contribution in [1.82, 2.24) is 4.98 Å². The second kappa shape index (κ2) is 6.05. The largest absolute Gasteiger partial charge is 0.496 e. The fraction of sp³-hybridized carbons (Fsp3) is 0.294. The van der Waals surface area contributed by atoms with Crippen molar-refractivity contribution < 1.29 is 14.6 Å². The topological polar surface area (TPSA) is 62.7 Å². The number of benzene rings is 1. The number of carboxylic acid groups (broad SMARTS) is 1. The van der Waals surface area contributed by atoms with E-state index in [1.807, 2.05) is 18.2 Å². The number of aromatic carboxylic acids is 1. The molecule has 5 heteroatoms. The molecular formula is C17H18N2O3. The average Bonchev–Trinajstić information content (AvgIpc) is 2.77. The van der Waals surface area contributed by atoms with E-state index in [1.165, 1.54) is 17.2 Å². The monoisotopic (exact) mass is 298 g/mol. The van der Waals surface area contributed by atoms with Gasteiger partial charge in [0, 0.05) is 13.1 Å². The zero-order valence-electron chi connectivity index (χ0n) is 12.5. The SMILES string of the molecule is COc1cccc2c1CCN(c1cccc(C(=O)O)n1)CC2. The number of aromatic nitrogens is 1. The van der Waals surface area contributed by atoms with Gasteiger partial charge >= 0.3 is 5.97 Å². The van der Waals surface area contributed by atoms with Gasteiger partial charge in [-0.05, 0) is 42.2 Å². The first-order valence-corrected chi connectivity index (χ1v) is 7.29. The van der Waals surface area contributed by atoms with Crippen molar-refractivity contribution in [2.75, 3.05) is 25.1 Å². The van der Waals surface area contributed by atoms with Crippen molar-refractivity contribution >= 4 is 11.8 Å². The van der Waals surface area contributed by atoms with Gasteiger partial charge in [-0.3, -0.25) is 0 Å². The lowest BCUT2D eigenvalue weighted by atomic mass is 10.0. The van der Waals surface area contributed by atoms with Gasteiger partial charge in [0.2, 0.25) is 0 Å². The number of carbonyl (C=O) groups is 1. The number of carboxylic acids is 1. The van der Waals surface area contributed by atoms with Crippen LogP contribution >= 0.6 is 0 Å². The van der Waals surface area contributed by atoms with Crippen LogP contribution in [0.4, 0.5) is 5.82 Å². The molecule has 1 N–H and O–H groups in total. The minimum absolute atomic E-state index is 0.0804. The number of pyridine rings is 1. The van der Waals surface area contributed by atoms with E-state index in [0.717, 1.165) is 31.7 Å². The number of anilines is 1. The number of fused-ring (bicyclic) bond motifs is 1. The summed E-state index contributed by atoms with van der Waals surface area (Å²) in [6.07, 6.45) is 1.75. The van der Waals surface area contributed by atoms with Crippen molar-refractivity contribution in [3.8, 4) is 5.75 Å². The van der Waals surface area contributed by atoms with Gasteiger partial charge in [-0.2, -0.15) is 0 Å². The van der Waals surface area contributed by atoms with E-state index in [9.17, 15) is 4.79 Å². The maximum atomic E-state index is 11.1. The molecule has 0 fully saturated rings. The normalized spacial score (nSPS) is 14.1. The molecule has 114 valence electrons. The van der Waals surface area contributed by atoms with Crippen LogP contribution in [0.15, 0.2) is 36.4 Å². The van der Waals surface area contributed by atoms with Gasteiger partial charge in [0.15, 0.2) is 5.69 Å². The molecule has 0 bridgehead atoms. The van der Waals surface area contributed by atoms with Crippen LogP contribution in [-0.2, 0) is 12.8 Å². The van der Waals surface area contributed by atoms with E-state index < -0.39 is 5.97 Å². The lowest BCUT2D eigenvalue weighted by Crippen LogP contribution is -2.27. The van der Waals surface area contributed by atoms with Crippen LogP contribution in [0.3, 0.4) is 0 Å². The Morgan fingerprint density at radius 3 is 2.73 bits per heavy atom. The quantitative estimate of drug-likeness (QED) is 0.942. The Balaban J connectivity index is 1.85. The number of rotatable bonds is 3. The fourth-order valence-electron chi connectivity index (χ4n) is 2.88. The third kappa shape index (κ3) is 2.74. The fourth-order valence-corrected chi connectivity index (χ4v) is 2.88. The molecule has 1 aliphatic heterocycles. The van der Waals surface area contributed by atoms with Crippen molar-refractivity contribution in [3.63, 3.8) is 0 Å². The van der Waals surface area contributed by atoms with Crippen LogP contribution in [0.1, 0.15) is 21.6 Å². The molecule has 1 aromatic heterocycles. The van der Waals surface area contributed by atoms with Crippen LogP contribution in [-0.4, -0.2) is 36.3 Å². The first kappa shape index (κ1) is 14.4. The predicted octanol–water partition coefficient (Wildman–Crippen LogP) is 2.39. The van der Waals surface area contributed by atoms with Crippen LogP contribution < -0.4 is 9.64 Å². The summed E-state index contributed by atoms with van der Waals surface area (Å²) in [7, 11) is 1.69. The zero-order chi connectivity index (χ0) is 15.5. The average molecular weight is 298 g/mol. The Labute approximate surface area is 129 Å². The highest BCUT2D eigenvalue weighted by Crippen LogP contribution is 2.27. The maximum absolute atomic E-state index is 11.1. The summed E-state index contributed by atoms with van der Waals surface area (Å²) in [5.74, 6) is 0.639. The highest BCUT2D eigenvalue weighted by Gasteiger charge is 2.18. The molecule has 0 atom stereocenters. The molecule has 0 aliphatic carbocycles. The van der Waals surface area contributed by atoms with Crippen LogP contribution in [0, 0.1) is 0 Å². The smallest absolute Gasteiger partial charge is 0.354 e. The zero-order valence-corrected chi connectivity index (χ0v) is 12.5. The van der Waals surface area contributed by atoms with Gasteiger partial charge in [0.1, 0.15) is 11.6 Å². The molecule has 0 radical (unpaired) electrons. The van der Waals surface area contributed by atoms with Crippen LogP contribution in [0.2, 0.25) is 0 Å². The molecule has 2 heterocycles. The third-order valence-electron chi connectivity index (χ3n) is 4.01. The predicted molar refractivity (Wildman–Crippen MR) is 83.8 cm³/mol. The Bertz CT molecular complexity index is 700. The van der Waals surface area contributed by atoms with E-state index in [2.05, 4.69) is 16.0 Å². The van der Waals surface area contributed by atoms with E-state index in [1.54, 1.807) is 13.2 Å². The van der Waals surface area contributed by atoms with Crippen molar-refractivity contribution in [2.24, 2.45) is 0 Å². The highest BCUT2D eigenvalue weighted by atomic mass is 16.5. The maximum Gasteiger partial charge on any atom is 0.354 e. The Morgan fingerprint density at radius 2 is 1.95 bits per heavy atom. The molecular weight excluding hydrogens is 280 g/mol. The number of hydrogen-bond donors (Lipinski definition) is 1. The standard InChI is InChI=1S/C17H18N2O3/c1-22-15-6-2-4-12-8-10-19(11-9-13(12)15)16-7-3-5-14(18-16)17(20)21/h2-7H,8-11H2,1H3,(H,20,21). The number of methoxy groups -OCH3 is 1. The van der Waals surface area contributed by atoms with Crippen molar-refractivity contribution in [1.29, 1.82) is 0 Å². The van der Waals surface area contributed by atoms with E-state index in [-0.39, 0.29) is 5.69 Å². The summed E-state index contributed by atoms with van der Waals surface area (Å²) >= 11 is 0. The Morgan fingerprint density at radius 1 is 1.18 bits per heavy atom. The summed E-state index contributed by atoms with van der Waals surface area (Å²) in [6.45, 7) is 1.61. The molecule has 22 heavy (non-hydrogen) atoms. The summed E-state index contributed by atoms with van der Waals surface area (Å²) in [6, 6.07) is 11.2.